The zero-order chi connectivity index (χ0) is 20.5. The SMILES string of the molecule is CCC[C@H](C)NC(=O)COC(=O)[C@]12CCC(=O)N1c1ccccc1C(=O)N2C. The highest BCUT2D eigenvalue weighted by molar-refractivity contribution is 6.15. The highest BCUT2D eigenvalue weighted by Gasteiger charge is 2.60. The molecule has 2 aliphatic rings. The van der Waals surface area contributed by atoms with Gasteiger partial charge in [-0.05, 0) is 25.5 Å². The maximum Gasteiger partial charge on any atom is 0.354 e. The van der Waals surface area contributed by atoms with E-state index in [-0.39, 0.29) is 30.7 Å². The minimum atomic E-state index is -1.56. The van der Waals surface area contributed by atoms with Crippen molar-refractivity contribution >= 4 is 29.4 Å². The summed E-state index contributed by atoms with van der Waals surface area (Å²) in [4.78, 5) is 53.1. The van der Waals surface area contributed by atoms with Gasteiger partial charge in [-0.25, -0.2) is 4.79 Å². The Labute approximate surface area is 163 Å². The molecule has 0 aliphatic carbocycles. The minimum Gasteiger partial charge on any atom is -0.452 e. The first kappa shape index (κ1) is 19.9. The number of nitrogens with zero attached hydrogens (tertiary/aromatic N) is 2. The van der Waals surface area contributed by atoms with Crippen molar-refractivity contribution < 1.29 is 23.9 Å². The number of benzene rings is 1. The van der Waals surface area contributed by atoms with Crippen LogP contribution in [-0.2, 0) is 19.1 Å². The van der Waals surface area contributed by atoms with Gasteiger partial charge in [-0.15, -0.1) is 0 Å². The van der Waals surface area contributed by atoms with Crippen molar-refractivity contribution in [2.24, 2.45) is 0 Å². The second-order valence-electron chi connectivity index (χ2n) is 7.26. The van der Waals surface area contributed by atoms with Crippen LogP contribution in [0.15, 0.2) is 24.3 Å². The Morgan fingerprint density at radius 3 is 2.71 bits per heavy atom. The second-order valence-corrected chi connectivity index (χ2v) is 7.26. The molecule has 0 saturated carbocycles. The van der Waals surface area contributed by atoms with Crippen molar-refractivity contribution in [1.29, 1.82) is 0 Å². The molecule has 150 valence electrons. The molecule has 2 aliphatic heterocycles. The van der Waals surface area contributed by atoms with Gasteiger partial charge in [0.15, 0.2) is 6.61 Å². The normalized spacial score (nSPS) is 21.8. The van der Waals surface area contributed by atoms with Crippen LogP contribution >= 0.6 is 0 Å². The Morgan fingerprint density at radius 1 is 1.29 bits per heavy atom. The third kappa shape index (κ3) is 3.12. The lowest BCUT2D eigenvalue weighted by atomic mass is 9.97. The van der Waals surface area contributed by atoms with Crippen LogP contribution in [-0.4, -0.2) is 54.0 Å². The fourth-order valence-electron chi connectivity index (χ4n) is 3.96. The first-order valence-electron chi connectivity index (χ1n) is 9.49. The number of esters is 1. The van der Waals surface area contributed by atoms with Crippen LogP contribution in [0.5, 0.6) is 0 Å². The van der Waals surface area contributed by atoms with Crippen molar-refractivity contribution in [3.05, 3.63) is 29.8 Å². The number of anilines is 1. The molecule has 8 nitrogen and oxygen atoms in total. The number of carbonyl (C=O) groups is 4. The van der Waals surface area contributed by atoms with E-state index in [0.29, 0.717) is 11.3 Å². The van der Waals surface area contributed by atoms with Gasteiger partial charge in [0.05, 0.1) is 11.3 Å². The zero-order valence-electron chi connectivity index (χ0n) is 16.4. The Hall–Kier alpha value is -2.90. The van der Waals surface area contributed by atoms with E-state index in [1.807, 2.05) is 13.8 Å². The molecule has 3 rings (SSSR count). The van der Waals surface area contributed by atoms with E-state index in [1.165, 1.54) is 16.8 Å². The maximum atomic E-state index is 13.0. The third-order valence-corrected chi connectivity index (χ3v) is 5.33. The van der Waals surface area contributed by atoms with Crippen LogP contribution in [0.2, 0.25) is 0 Å². The number of likely N-dealkylation sites (N-methyl/N-ethyl adjacent to an activating group) is 1. The van der Waals surface area contributed by atoms with Gasteiger partial charge < -0.3 is 15.0 Å². The lowest BCUT2D eigenvalue weighted by Gasteiger charge is -2.46. The Kier molecular flexibility index (Phi) is 5.40. The van der Waals surface area contributed by atoms with Gasteiger partial charge in [0.25, 0.3) is 11.8 Å². The Balaban J connectivity index is 1.83. The molecule has 3 amide bonds. The summed E-state index contributed by atoms with van der Waals surface area (Å²) in [5, 5.41) is 2.76. The largest absolute Gasteiger partial charge is 0.452 e. The molecule has 1 aromatic carbocycles. The molecule has 1 aromatic rings. The van der Waals surface area contributed by atoms with Crippen molar-refractivity contribution in [3.8, 4) is 0 Å². The highest BCUT2D eigenvalue weighted by Crippen LogP contribution is 2.44. The van der Waals surface area contributed by atoms with Crippen molar-refractivity contribution in [1.82, 2.24) is 10.2 Å². The molecule has 2 heterocycles. The number of nitrogens with one attached hydrogen (secondary N) is 1. The number of hydrogen-bond acceptors (Lipinski definition) is 5. The van der Waals surface area contributed by atoms with E-state index in [1.54, 1.807) is 24.3 Å². The van der Waals surface area contributed by atoms with Crippen LogP contribution in [0.4, 0.5) is 5.69 Å². The summed E-state index contributed by atoms with van der Waals surface area (Å²) in [6, 6.07) is 6.66. The molecule has 1 fully saturated rings. The van der Waals surface area contributed by atoms with Gasteiger partial charge in [0.2, 0.25) is 11.6 Å². The number of para-hydroxylation sites is 1. The molecule has 8 heteroatoms. The van der Waals surface area contributed by atoms with Crippen LogP contribution in [0, 0.1) is 0 Å². The maximum absolute atomic E-state index is 13.0. The lowest BCUT2D eigenvalue weighted by Crippen LogP contribution is -2.67. The number of amides is 3. The molecule has 28 heavy (non-hydrogen) atoms. The minimum absolute atomic E-state index is 0.0234. The van der Waals surface area contributed by atoms with E-state index >= 15 is 0 Å². The van der Waals surface area contributed by atoms with E-state index < -0.39 is 24.1 Å². The number of fused-ring (bicyclic) bond motifs is 3. The van der Waals surface area contributed by atoms with Gasteiger partial charge in [-0.3, -0.25) is 19.3 Å². The number of carbonyl (C=O) groups excluding carboxylic acids is 4. The topological polar surface area (TPSA) is 96.0 Å². The van der Waals surface area contributed by atoms with Crippen molar-refractivity contribution in [3.63, 3.8) is 0 Å². The fraction of sp³-hybridized carbons (Fsp3) is 0.500. The molecular weight excluding hydrogens is 362 g/mol. The van der Waals surface area contributed by atoms with E-state index in [0.717, 1.165) is 12.8 Å². The van der Waals surface area contributed by atoms with Crippen molar-refractivity contribution in [2.75, 3.05) is 18.6 Å². The van der Waals surface area contributed by atoms with Gasteiger partial charge in [-0.1, -0.05) is 25.5 Å². The predicted octanol–water partition coefficient (Wildman–Crippen LogP) is 1.44. The van der Waals surface area contributed by atoms with Crippen LogP contribution in [0.1, 0.15) is 49.9 Å². The van der Waals surface area contributed by atoms with Crippen LogP contribution < -0.4 is 10.2 Å². The molecule has 1 N–H and O–H groups in total. The second kappa shape index (κ2) is 7.61. The number of ether oxygens (including phenoxy) is 1. The first-order valence-corrected chi connectivity index (χ1v) is 9.49. The highest BCUT2D eigenvalue weighted by atomic mass is 16.5. The summed E-state index contributed by atoms with van der Waals surface area (Å²) in [7, 11) is 1.48. The summed E-state index contributed by atoms with van der Waals surface area (Å²) in [5.74, 6) is -1.81. The summed E-state index contributed by atoms with van der Waals surface area (Å²) < 4.78 is 5.27. The third-order valence-electron chi connectivity index (χ3n) is 5.33. The predicted molar refractivity (Wildman–Crippen MR) is 101 cm³/mol. The average Bonchev–Trinajstić information content (AvgIpc) is 3.03. The van der Waals surface area contributed by atoms with Gasteiger partial charge in [-0.2, -0.15) is 0 Å². The van der Waals surface area contributed by atoms with Gasteiger partial charge >= 0.3 is 5.97 Å². The summed E-state index contributed by atoms with van der Waals surface area (Å²) >= 11 is 0. The standard InChI is InChI=1S/C20H25N3O5/c1-4-7-13(2)21-16(24)12-28-19(27)20-11-10-17(25)23(20)15-9-6-5-8-14(15)18(26)22(20)3/h5-6,8-9,13H,4,7,10-12H2,1-3H3,(H,21,24)/t13-,20-/m0/s1. The molecular formula is C20H25N3O5. The summed E-state index contributed by atoms with van der Waals surface area (Å²) in [6.45, 7) is 3.44. The van der Waals surface area contributed by atoms with E-state index in [2.05, 4.69) is 5.32 Å². The van der Waals surface area contributed by atoms with E-state index in [9.17, 15) is 19.2 Å². The molecule has 0 aromatic heterocycles. The lowest BCUT2D eigenvalue weighted by molar-refractivity contribution is -0.159. The molecule has 0 unspecified atom stereocenters. The monoisotopic (exact) mass is 387 g/mol. The van der Waals surface area contributed by atoms with Gasteiger partial charge in [0.1, 0.15) is 0 Å². The number of hydrogen-bond donors (Lipinski definition) is 1. The fourth-order valence-corrected chi connectivity index (χ4v) is 3.96. The smallest absolute Gasteiger partial charge is 0.354 e. The van der Waals surface area contributed by atoms with Gasteiger partial charge in [0, 0.05) is 25.9 Å². The molecule has 0 bridgehead atoms. The van der Waals surface area contributed by atoms with E-state index in [4.69, 9.17) is 4.74 Å². The van der Waals surface area contributed by atoms with Crippen LogP contribution in [0.3, 0.4) is 0 Å². The average molecular weight is 387 g/mol. The van der Waals surface area contributed by atoms with Crippen molar-refractivity contribution in [2.45, 2.75) is 51.2 Å². The Morgan fingerprint density at radius 2 is 2.00 bits per heavy atom. The quantitative estimate of drug-likeness (QED) is 0.745. The first-order chi connectivity index (χ1) is 13.3. The Bertz CT molecular complexity index is 824. The number of rotatable bonds is 6. The summed E-state index contributed by atoms with van der Waals surface area (Å²) in [5.41, 5.74) is -0.807. The molecule has 2 atom stereocenters. The molecule has 0 radical (unpaired) electrons. The van der Waals surface area contributed by atoms with Crippen LogP contribution in [0.25, 0.3) is 0 Å². The molecule has 1 saturated heterocycles. The zero-order valence-corrected chi connectivity index (χ0v) is 16.4. The summed E-state index contributed by atoms with van der Waals surface area (Å²) in [6.07, 6.45) is 1.98. The molecule has 0 spiro atoms.